The van der Waals surface area contributed by atoms with Crippen LogP contribution in [0.4, 0.5) is 0 Å². The third-order valence-corrected chi connectivity index (χ3v) is 3.21. The van der Waals surface area contributed by atoms with Crippen molar-refractivity contribution in [1.82, 2.24) is 4.90 Å². The van der Waals surface area contributed by atoms with E-state index in [9.17, 15) is 4.79 Å². The van der Waals surface area contributed by atoms with Crippen LogP contribution < -0.4 is 5.73 Å². The number of nitrogens with two attached hydrogens (primary N) is 1. The molecule has 1 amide bonds. The molecule has 0 aromatic carbocycles. The number of aliphatic hydroxyl groups excluding tert-OH is 1. The van der Waals surface area contributed by atoms with E-state index in [1.807, 2.05) is 13.8 Å². The predicted octanol–water partition coefficient (Wildman–Crippen LogP) is 0.345. The Kier molecular flexibility index (Phi) is 4.11. The van der Waals surface area contributed by atoms with Gasteiger partial charge in [-0.05, 0) is 33.1 Å². The fourth-order valence-corrected chi connectivity index (χ4v) is 1.73. The van der Waals surface area contributed by atoms with Gasteiger partial charge in [0.15, 0.2) is 0 Å². The number of amides is 1. The van der Waals surface area contributed by atoms with Crippen molar-refractivity contribution >= 4 is 5.91 Å². The highest BCUT2D eigenvalue weighted by Crippen LogP contribution is 2.28. The molecule has 0 heterocycles. The SMILES string of the molecule is CC(C)(CN)C(=O)N(CCO)C1CCC1. The van der Waals surface area contributed by atoms with Crippen LogP contribution in [-0.4, -0.2) is 41.7 Å². The molecule has 1 aliphatic rings. The predicted molar refractivity (Wildman–Crippen MR) is 59.3 cm³/mol. The molecular formula is C11H22N2O2. The third-order valence-electron chi connectivity index (χ3n) is 3.21. The average Bonchev–Trinajstić information content (AvgIpc) is 2.13. The van der Waals surface area contributed by atoms with Crippen LogP contribution in [0.25, 0.3) is 0 Å². The first-order valence-corrected chi connectivity index (χ1v) is 5.65. The Labute approximate surface area is 91.4 Å². The van der Waals surface area contributed by atoms with Gasteiger partial charge in [-0.15, -0.1) is 0 Å². The number of carbonyl (C=O) groups excluding carboxylic acids is 1. The minimum Gasteiger partial charge on any atom is -0.395 e. The second-order valence-electron chi connectivity index (χ2n) is 4.89. The second kappa shape index (κ2) is 4.94. The standard InChI is InChI=1S/C11H22N2O2/c1-11(2,8-12)10(15)13(6-7-14)9-4-3-5-9/h9,14H,3-8,12H2,1-2H3. The summed E-state index contributed by atoms with van der Waals surface area (Å²) in [6.07, 6.45) is 3.31. The fraction of sp³-hybridized carbons (Fsp3) is 0.909. The van der Waals surface area contributed by atoms with Gasteiger partial charge in [0.05, 0.1) is 12.0 Å². The summed E-state index contributed by atoms with van der Waals surface area (Å²) in [6.45, 7) is 4.53. The van der Waals surface area contributed by atoms with Gasteiger partial charge in [0.2, 0.25) is 5.91 Å². The highest BCUT2D eigenvalue weighted by atomic mass is 16.3. The van der Waals surface area contributed by atoms with Gasteiger partial charge in [0.25, 0.3) is 0 Å². The highest BCUT2D eigenvalue weighted by Gasteiger charge is 2.36. The van der Waals surface area contributed by atoms with Gasteiger partial charge in [-0.2, -0.15) is 0 Å². The molecule has 1 saturated carbocycles. The van der Waals surface area contributed by atoms with Gasteiger partial charge >= 0.3 is 0 Å². The van der Waals surface area contributed by atoms with E-state index in [1.54, 1.807) is 4.90 Å². The second-order valence-corrected chi connectivity index (χ2v) is 4.89. The van der Waals surface area contributed by atoms with Crippen molar-refractivity contribution in [2.45, 2.75) is 39.2 Å². The smallest absolute Gasteiger partial charge is 0.229 e. The normalized spacial score (nSPS) is 17.3. The van der Waals surface area contributed by atoms with Crippen molar-refractivity contribution in [2.24, 2.45) is 11.1 Å². The molecule has 4 heteroatoms. The van der Waals surface area contributed by atoms with Gasteiger partial charge in [-0.25, -0.2) is 0 Å². The Morgan fingerprint density at radius 2 is 2.13 bits per heavy atom. The van der Waals surface area contributed by atoms with Crippen molar-refractivity contribution in [1.29, 1.82) is 0 Å². The van der Waals surface area contributed by atoms with Crippen molar-refractivity contribution in [3.63, 3.8) is 0 Å². The highest BCUT2D eigenvalue weighted by molar-refractivity contribution is 5.82. The van der Waals surface area contributed by atoms with E-state index in [1.165, 1.54) is 6.42 Å². The van der Waals surface area contributed by atoms with Crippen LogP contribution in [0, 0.1) is 5.41 Å². The van der Waals surface area contributed by atoms with Gasteiger partial charge in [0, 0.05) is 19.1 Å². The first kappa shape index (κ1) is 12.5. The Hall–Kier alpha value is -0.610. The molecule has 0 aliphatic heterocycles. The van der Waals surface area contributed by atoms with Crippen LogP contribution in [0.2, 0.25) is 0 Å². The Morgan fingerprint density at radius 3 is 2.47 bits per heavy atom. The number of rotatable bonds is 5. The van der Waals surface area contributed by atoms with Gasteiger partial charge in [-0.1, -0.05) is 0 Å². The molecule has 0 radical (unpaired) electrons. The molecule has 1 fully saturated rings. The van der Waals surface area contributed by atoms with Crippen LogP contribution in [-0.2, 0) is 4.79 Å². The Morgan fingerprint density at radius 1 is 1.53 bits per heavy atom. The lowest BCUT2D eigenvalue weighted by Gasteiger charge is -2.41. The summed E-state index contributed by atoms with van der Waals surface area (Å²) < 4.78 is 0. The van der Waals surface area contributed by atoms with E-state index in [-0.39, 0.29) is 12.5 Å². The molecule has 0 unspecified atom stereocenters. The van der Waals surface area contributed by atoms with Crippen LogP contribution in [0.1, 0.15) is 33.1 Å². The lowest BCUT2D eigenvalue weighted by molar-refractivity contribution is -0.144. The zero-order valence-corrected chi connectivity index (χ0v) is 9.70. The Bertz CT molecular complexity index is 225. The lowest BCUT2D eigenvalue weighted by Crippen LogP contribution is -2.52. The summed E-state index contributed by atoms with van der Waals surface area (Å²) in [5, 5.41) is 8.97. The quantitative estimate of drug-likeness (QED) is 0.693. The molecule has 1 aliphatic carbocycles. The molecular weight excluding hydrogens is 192 g/mol. The first-order chi connectivity index (χ1) is 7.03. The van der Waals surface area contributed by atoms with E-state index in [0.29, 0.717) is 19.1 Å². The zero-order valence-electron chi connectivity index (χ0n) is 9.70. The summed E-state index contributed by atoms with van der Waals surface area (Å²) in [7, 11) is 0. The van der Waals surface area contributed by atoms with Gasteiger partial charge < -0.3 is 15.7 Å². The topological polar surface area (TPSA) is 66.6 Å². The Balaban J connectivity index is 2.66. The van der Waals surface area contributed by atoms with Crippen molar-refractivity contribution < 1.29 is 9.90 Å². The van der Waals surface area contributed by atoms with E-state index in [0.717, 1.165) is 12.8 Å². The molecule has 88 valence electrons. The summed E-state index contributed by atoms with van der Waals surface area (Å²) in [4.78, 5) is 14.0. The largest absolute Gasteiger partial charge is 0.395 e. The summed E-state index contributed by atoms with van der Waals surface area (Å²) in [5.74, 6) is 0.0729. The lowest BCUT2D eigenvalue weighted by atomic mass is 9.86. The number of hydrogen-bond acceptors (Lipinski definition) is 3. The third kappa shape index (κ3) is 2.69. The molecule has 4 nitrogen and oxygen atoms in total. The van der Waals surface area contributed by atoms with E-state index in [2.05, 4.69) is 0 Å². The number of aliphatic hydroxyl groups is 1. The molecule has 3 N–H and O–H groups in total. The van der Waals surface area contributed by atoms with Crippen molar-refractivity contribution in [3.05, 3.63) is 0 Å². The van der Waals surface area contributed by atoms with Crippen molar-refractivity contribution in [3.8, 4) is 0 Å². The van der Waals surface area contributed by atoms with E-state index < -0.39 is 5.41 Å². The molecule has 0 bridgehead atoms. The van der Waals surface area contributed by atoms with Crippen LogP contribution >= 0.6 is 0 Å². The maximum absolute atomic E-state index is 12.2. The zero-order chi connectivity index (χ0) is 11.5. The molecule has 0 saturated heterocycles. The summed E-state index contributed by atoms with van der Waals surface area (Å²) >= 11 is 0. The molecule has 1 rings (SSSR count). The van der Waals surface area contributed by atoms with Crippen LogP contribution in [0.15, 0.2) is 0 Å². The van der Waals surface area contributed by atoms with Gasteiger partial charge in [-0.3, -0.25) is 4.79 Å². The molecule has 15 heavy (non-hydrogen) atoms. The van der Waals surface area contributed by atoms with E-state index >= 15 is 0 Å². The maximum Gasteiger partial charge on any atom is 0.229 e. The number of hydrogen-bond donors (Lipinski definition) is 2. The monoisotopic (exact) mass is 214 g/mol. The minimum absolute atomic E-state index is 0.0306. The summed E-state index contributed by atoms with van der Waals surface area (Å²) in [5.41, 5.74) is 5.08. The molecule has 0 aromatic rings. The maximum atomic E-state index is 12.2. The van der Waals surface area contributed by atoms with Crippen molar-refractivity contribution in [2.75, 3.05) is 19.7 Å². The number of nitrogens with zero attached hydrogens (tertiary/aromatic N) is 1. The molecule has 0 aromatic heterocycles. The van der Waals surface area contributed by atoms with E-state index in [4.69, 9.17) is 10.8 Å². The fourth-order valence-electron chi connectivity index (χ4n) is 1.73. The van der Waals surface area contributed by atoms with Crippen LogP contribution in [0.5, 0.6) is 0 Å². The minimum atomic E-state index is -0.509. The average molecular weight is 214 g/mol. The molecule has 0 atom stereocenters. The van der Waals surface area contributed by atoms with Gasteiger partial charge in [0.1, 0.15) is 0 Å². The molecule has 0 spiro atoms. The first-order valence-electron chi connectivity index (χ1n) is 5.65. The van der Waals surface area contributed by atoms with Crippen LogP contribution in [0.3, 0.4) is 0 Å². The summed E-state index contributed by atoms with van der Waals surface area (Å²) in [6, 6.07) is 0.329. The number of carbonyl (C=O) groups is 1.